The summed E-state index contributed by atoms with van der Waals surface area (Å²) in [5.74, 6) is 0.735. The Labute approximate surface area is 143 Å². The Hall–Kier alpha value is -1.88. The number of ether oxygens (including phenoxy) is 1. The van der Waals surface area contributed by atoms with Crippen molar-refractivity contribution in [2.45, 2.75) is 51.0 Å². The summed E-state index contributed by atoms with van der Waals surface area (Å²) in [5.41, 5.74) is 2.09. The van der Waals surface area contributed by atoms with Crippen LogP contribution in [0.1, 0.15) is 55.3 Å². The van der Waals surface area contributed by atoms with Gasteiger partial charge in [-0.25, -0.2) is 4.98 Å². The highest BCUT2D eigenvalue weighted by Gasteiger charge is 2.15. The molecule has 130 valence electrons. The number of rotatable bonds is 7. The van der Waals surface area contributed by atoms with Crippen molar-refractivity contribution in [3.63, 3.8) is 0 Å². The maximum Gasteiger partial charge on any atom is 0.252 e. The highest BCUT2D eigenvalue weighted by atomic mass is 16.5. The van der Waals surface area contributed by atoms with Crippen molar-refractivity contribution in [3.05, 3.63) is 35.5 Å². The van der Waals surface area contributed by atoms with Crippen LogP contribution < -0.4 is 10.6 Å². The van der Waals surface area contributed by atoms with Crippen LogP contribution in [-0.2, 0) is 4.74 Å². The Kier molecular flexibility index (Phi) is 6.24. The lowest BCUT2D eigenvalue weighted by Gasteiger charge is -2.13. The van der Waals surface area contributed by atoms with E-state index in [0.29, 0.717) is 12.1 Å². The first-order valence-electron chi connectivity index (χ1n) is 9.09. The molecule has 1 aliphatic heterocycles. The number of pyridine rings is 1. The monoisotopic (exact) mass is 329 g/mol. The Bertz CT molecular complexity index is 562. The van der Waals surface area contributed by atoms with Crippen LogP contribution >= 0.6 is 0 Å². The molecule has 1 fully saturated rings. The van der Waals surface area contributed by atoms with Crippen LogP contribution in [0.2, 0.25) is 0 Å². The Morgan fingerprint density at radius 1 is 1.29 bits per heavy atom. The fraction of sp³-hybridized carbons (Fsp3) is 0.579. The second-order valence-corrected chi connectivity index (χ2v) is 6.56. The molecule has 3 rings (SSSR count). The molecule has 1 saturated heterocycles. The number of carbonyl (C=O) groups is 1. The lowest BCUT2D eigenvalue weighted by atomic mass is 9.97. The lowest BCUT2D eigenvalue weighted by Crippen LogP contribution is -2.25. The number of amides is 1. The molecule has 1 unspecified atom stereocenters. The first-order valence-corrected chi connectivity index (χ1v) is 9.09. The molecular weight excluding hydrogens is 302 g/mol. The summed E-state index contributed by atoms with van der Waals surface area (Å²) in [6.07, 6.45) is 12.4. The van der Waals surface area contributed by atoms with E-state index in [9.17, 15) is 4.79 Å². The van der Waals surface area contributed by atoms with Gasteiger partial charge in [0.15, 0.2) is 0 Å². The van der Waals surface area contributed by atoms with Crippen LogP contribution in [0, 0.1) is 0 Å². The second kappa shape index (κ2) is 8.83. The number of hydrogen-bond acceptors (Lipinski definition) is 4. The predicted molar refractivity (Wildman–Crippen MR) is 95.2 cm³/mol. The average molecular weight is 329 g/mol. The molecule has 5 nitrogen and oxygen atoms in total. The molecule has 1 aromatic heterocycles. The molecule has 0 bridgehead atoms. The van der Waals surface area contributed by atoms with Gasteiger partial charge in [-0.1, -0.05) is 11.6 Å². The minimum absolute atomic E-state index is 0.0513. The molecule has 2 aliphatic rings. The average Bonchev–Trinajstić information content (AvgIpc) is 3.15. The third-order valence-electron chi connectivity index (χ3n) is 4.68. The first-order chi connectivity index (χ1) is 11.8. The van der Waals surface area contributed by atoms with Crippen molar-refractivity contribution >= 4 is 11.7 Å². The highest BCUT2D eigenvalue weighted by molar-refractivity contribution is 5.94. The van der Waals surface area contributed by atoms with Gasteiger partial charge in [-0.3, -0.25) is 4.79 Å². The third kappa shape index (κ3) is 5.06. The van der Waals surface area contributed by atoms with E-state index in [-0.39, 0.29) is 12.0 Å². The number of nitrogens with zero attached hydrogens (tertiary/aromatic N) is 1. The maximum atomic E-state index is 12.2. The molecule has 1 atom stereocenters. The van der Waals surface area contributed by atoms with Crippen LogP contribution in [0.4, 0.5) is 5.82 Å². The number of allylic oxidation sites excluding steroid dienone is 1. The molecule has 0 spiro atoms. The van der Waals surface area contributed by atoms with Crippen molar-refractivity contribution in [2.24, 2.45) is 0 Å². The zero-order valence-corrected chi connectivity index (χ0v) is 14.2. The maximum absolute atomic E-state index is 12.2. The van der Waals surface area contributed by atoms with Gasteiger partial charge in [0.25, 0.3) is 5.91 Å². The molecule has 24 heavy (non-hydrogen) atoms. The molecule has 2 heterocycles. The van der Waals surface area contributed by atoms with E-state index in [0.717, 1.165) is 38.2 Å². The number of aromatic nitrogens is 1. The second-order valence-electron chi connectivity index (χ2n) is 6.56. The van der Waals surface area contributed by atoms with Gasteiger partial charge >= 0.3 is 0 Å². The van der Waals surface area contributed by atoms with E-state index >= 15 is 0 Å². The number of hydrogen-bond donors (Lipinski definition) is 2. The predicted octanol–water partition coefficient (Wildman–Crippen LogP) is 3.29. The van der Waals surface area contributed by atoms with Gasteiger partial charge in [-0.15, -0.1) is 0 Å². The van der Waals surface area contributed by atoms with E-state index in [2.05, 4.69) is 21.7 Å². The molecular formula is C19H27N3O2. The van der Waals surface area contributed by atoms with Gasteiger partial charge < -0.3 is 15.4 Å². The van der Waals surface area contributed by atoms with E-state index in [1.54, 1.807) is 6.20 Å². The minimum atomic E-state index is -0.0513. The van der Waals surface area contributed by atoms with Gasteiger partial charge in [0.1, 0.15) is 5.82 Å². The molecule has 1 amide bonds. The largest absolute Gasteiger partial charge is 0.376 e. The Balaban J connectivity index is 1.40. The van der Waals surface area contributed by atoms with Gasteiger partial charge in [0.2, 0.25) is 0 Å². The summed E-state index contributed by atoms with van der Waals surface area (Å²) in [7, 11) is 0. The molecule has 0 saturated carbocycles. The summed E-state index contributed by atoms with van der Waals surface area (Å²) < 4.78 is 5.57. The van der Waals surface area contributed by atoms with Gasteiger partial charge in [0, 0.05) is 25.9 Å². The Morgan fingerprint density at radius 2 is 2.25 bits per heavy atom. The molecule has 1 aliphatic carbocycles. The van der Waals surface area contributed by atoms with Crippen molar-refractivity contribution in [1.82, 2.24) is 10.3 Å². The van der Waals surface area contributed by atoms with Crippen molar-refractivity contribution in [3.8, 4) is 0 Å². The number of carbonyl (C=O) groups excluding carboxylic acids is 1. The topological polar surface area (TPSA) is 63.2 Å². The zero-order chi connectivity index (χ0) is 16.6. The van der Waals surface area contributed by atoms with E-state index < -0.39 is 0 Å². The van der Waals surface area contributed by atoms with Crippen LogP contribution in [-0.4, -0.2) is 36.7 Å². The molecule has 1 aromatic rings. The van der Waals surface area contributed by atoms with Crippen LogP contribution in [0.25, 0.3) is 0 Å². The zero-order valence-electron chi connectivity index (χ0n) is 14.2. The van der Waals surface area contributed by atoms with Gasteiger partial charge in [0.05, 0.1) is 11.7 Å². The van der Waals surface area contributed by atoms with E-state index in [1.807, 2.05) is 12.1 Å². The summed E-state index contributed by atoms with van der Waals surface area (Å²) in [6.45, 7) is 2.33. The standard InChI is InChI=1S/C19H27N3O2/c23-19(20-11-10-15-5-2-1-3-6-15)16-8-9-18(21-13-16)22-14-17-7-4-12-24-17/h5,8-9,13,17H,1-4,6-7,10-12,14H2,(H,20,23)(H,21,22). The van der Waals surface area contributed by atoms with E-state index in [4.69, 9.17) is 4.74 Å². The van der Waals surface area contributed by atoms with Crippen LogP contribution in [0.3, 0.4) is 0 Å². The third-order valence-corrected chi connectivity index (χ3v) is 4.68. The summed E-state index contributed by atoms with van der Waals surface area (Å²) >= 11 is 0. The normalized spacial score (nSPS) is 20.5. The quantitative estimate of drug-likeness (QED) is 0.754. The Morgan fingerprint density at radius 3 is 2.96 bits per heavy atom. The van der Waals surface area contributed by atoms with Crippen LogP contribution in [0.15, 0.2) is 30.0 Å². The van der Waals surface area contributed by atoms with Crippen molar-refractivity contribution in [1.29, 1.82) is 0 Å². The molecule has 2 N–H and O–H groups in total. The van der Waals surface area contributed by atoms with E-state index in [1.165, 1.54) is 31.3 Å². The van der Waals surface area contributed by atoms with Crippen molar-refractivity contribution in [2.75, 3.05) is 25.0 Å². The minimum Gasteiger partial charge on any atom is -0.376 e. The lowest BCUT2D eigenvalue weighted by molar-refractivity contribution is 0.0953. The van der Waals surface area contributed by atoms with Crippen LogP contribution in [0.5, 0.6) is 0 Å². The highest BCUT2D eigenvalue weighted by Crippen LogP contribution is 2.19. The first kappa shape index (κ1) is 17.0. The summed E-state index contributed by atoms with van der Waals surface area (Å²) in [5, 5.41) is 6.25. The number of nitrogens with one attached hydrogen (secondary N) is 2. The molecule has 5 heteroatoms. The smallest absolute Gasteiger partial charge is 0.252 e. The molecule has 0 radical (unpaired) electrons. The van der Waals surface area contributed by atoms with Gasteiger partial charge in [-0.2, -0.15) is 0 Å². The fourth-order valence-corrected chi connectivity index (χ4v) is 3.23. The van der Waals surface area contributed by atoms with Crippen molar-refractivity contribution < 1.29 is 9.53 Å². The molecule has 0 aromatic carbocycles. The summed E-state index contributed by atoms with van der Waals surface area (Å²) in [6, 6.07) is 3.67. The SMILES string of the molecule is O=C(NCCC1=CCCCC1)c1ccc(NCC2CCCO2)nc1. The van der Waals surface area contributed by atoms with Gasteiger partial charge in [-0.05, 0) is 57.1 Å². The number of anilines is 1. The summed E-state index contributed by atoms with van der Waals surface area (Å²) in [4.78, 5) is 16.5. The fourth-order valence-electron chi connectivity index (χ4n) is 3.23.